The van der Waals surface area contributed by atoms with E-state index in [-0.39, 0.29) is 17.9 Å². The average molecular weight is 240 g/mol. The summed E-state index contributed by atoms with van der Waals surface area (Å²) in [4.78, 5) is 11.8. The van der Waals surface area contributed by atoms with Crippen molar-refractivity contribution in [1.82, 2.24) is 5.32 Å². The average Bonchev–Trinajstić information content (AvgIpc) is 2.32. The molecule has 0 heterocycles. The zero-order valence-electron chi connectivity index (χ0n) is 9.96. The maximum absolute atomic E-state index is 13.2. The summed E-state index contributed by atoms with van der Waals surface area (Å²) in [5.74, 6) is -1.05. The number of nitrogen functional groups attached to an aromatic ring is 1. The van der Waals surface area contributed by atoms with Crippen LogP contribution in [0.25, 0.3) is 0 Å². The molecule has 0 aliphatic rings. The Hall–Kier alpha value is -1.62. The third kappa shape index (κ3) is 3.17. The summed E-state index contributed by atoms with van der Waals surface area (Å²) in [7, 11) is 0. The van der Waals surface area contributed by atoms with Gasteiger partial charge in [-0.25, -0.2) is 4.39 Å². The van der Waals surface area contributed by atoms with Crippen molar-refractivity contribution in [3.63, 3.8) is 0 Å². The molecule has 1 aromatic rings. The number of aliphatic hydroxyl groups excluding tert-OH is 1. The number of amides is 1. The van der Waals surface area contributed by atoms with Gasteiger partial charge in [0, 0.05) is 5.56 Å². The van der Waals surface area contributed by atoms with Crippen molar-refractivity contribution in [1.29, 1.82) is 0 Å². The molecule has 94 valence electrons. The predicted octanol–water partition coefficient (Wildman–Crippen LogP) is 1.30. The molecule has 0 radical (unpaired) electrons. The van der Waals surface area contributed by atoms with E-state index in [1.807, 2.05) is 6.92 Å². The molecule has 0 aliphatic carbocycles. The Morgan fingerprint density at radius 2 is 2.24 bits per heavy atom. The molecule has 0 aromatic heterocycles. The number of carbonyl (C=O) groups is 1. The second kappa shape index (κ2) is 5.14. The van der Waals surface area contributed by atoms with Crippen LogP contribution in [-0.4, -0.2) is 23.2 Å². The Kier molecular flexibility index (Phi) is 4.07. The van der Waals surface area contributed by atoms with Gasteiger partial charge in [-0.15, -0.1) is 0 Å². The lowest BCUT2D eigenvalue weighted by Crippen LogP contribution is -2.48. The standard InChI is InChI=1S/C12H17FN2O2/c1-3-12(2,7-16)15-11(17)8-4-5-10(14)9(13)6-8/h4-6,16H,3,7,14H2,1-2H3,(H,15,17). The summed E-state index contributed by atoms with van der Waals surface area (Å²) in [6, 6.07) is 3.87. The van der Waals surface area contributed by atoms with Crippen molar-refractivity contribution < 1.29 is 14.3 Å². The monoisotopic (exact) mass is 240 g/mol. The molecule has 5 heteroatoms. The van der Waals surface area contributed by atoms with Crippen molar-refractivity contribution in [2.24, 2.45) is 0 Å². The van der Waals surface area contributed by atoms with Crippen LogP contribution in [0.2, 0.25) is 0 Å². The summed E-state index contributed by atoms with van der Waals surface area (Å²) in [5, 5.41) is 11.8. The molecule has 1 atom stereocenters. The van der Waals surface area contributed by atoms with E-state index in [1.54, 1.807) is 6.92 Å². The van der Waals surface area contributed by atoms with Crippen LogP contribution < -0.4 is 11.1 Å². The van der Waals surface area contributed by atoms with E-state index in [1.165, 1.54) is 12.1 Å². The second-order valence-electron chi connectivity index (χ2n) is 4.26. The van der Waals surface area contributed by atoms with Gasteiger partial charge in [0.15, 0.2) is 0 Å². The first-order valence-corrected chi connectivity index (χ1v) is 5.40. The first-order valence-electron chi connectivity index (χ1n) is 5.40. The Bertz CT molecular complexity index is 417. The largest absolute Gasteiger partial charge is 0.396 e. The van der Waals surface area contributed by atoms with Crippen LogP contribution in [0.3, 0.4) is 0 Å². The van der Waals surface area contributed by atoms with E-state index in [0.717, 1.165) is 6.07 Å². The highest BCUT2D eigenvalue weighted by Crippen LogP contribution is 2.14. The molecular formula is C12H17FN2O2. The van der Waals surface area contributed by atoms with E-state index >= 15 is 0 Å². The van der Waals surface area contributed by atoms with Gasteiger partial charge in [0.25, 0.3) is 5.91 Å². The molecule has 0 aliphatic heterocycles. The van der Waals surface area contributed by atoms with E-state index in [2.05, 4.69) is 5.32 Å². The number of benzene rings is 1. The van der Waals surface area contributed by atoms with Crippen molar-refractivity contribution in [2.45, 2.75) is 25.8 Å². The summed E-state index contributed by atoms with van der Waals surface area (Å²) < 4.78 is 13.2. The predicted molar refractivity (Wildman–Crippen MR) is 64.1 cm³/mol. The van der Waals surface area contributed by atoms with Gasteiger partial charge in [0.05, 0.1) is 17.8 Å². The van der Waals surface area contributed by atoms with Crippen LogP contribution in [0.5, 0.6) is 0 Å². The molecule has 0 saturated heterocycles. The molecule has 1 aromatic carbocycles. The molecule has 0 bridgehead atoms. The highest BCUT2D eigenvalue weighted by atomic mass is 19.1. The van der Waals surface area contributed by atoms with Gasteiger partial charge in [-0.3, -0.25) is 4.79 Å². The number of aliphatic hydroxyl groups is 1. The Morgan fingerprint density at radius 1 is 1.59 bits per heavy atom. The van der Waals surface area contributed by atoms with Crippen LogP contribution in [0.1, 0.15) is 30.6 Å². The number of hydrogen-bond donors (Lipinski definition) is 3. The SMILES string of the molecule is CCC(C)(CO)NC(=O)c1ccc(N)c(F)c1. The maximum Gasteiger partial charge on any atom is 0.251 e. The summed E-state index contributed by atoms with van der Waals surface area (Å²) in [6.07, 6.45) is 0.576. The van der Waals surface area contributed by atoms with Crippen LogP contribution in [0, 0.1) is 5.82 Å². The van der Waals surface area contributed by atoms with Crippen molar-refractivity contribution in [3.05, 3.63) is 29.6 Å². The van der Waals surface area contributed by atoms with Gasteiger partial charge in [0.1, 0.15) is 5.82 Å². The number of nitrogens with two attached hydrogens (primary N) is 1. The van der Waals surface area contributed by atoms with Crippen LogP contribution >= 0.6 is 0 Å². The van der Waals surface area contributed by atoms with Crippen LogP contribution in [0.15, 0.2) is 18.2 Å². The minimum Gasteiger partial charge on any atom is -0.396 e. The van der Waals surface area contributed by atoms with Gasteiger partial charge in [0.2, 0.25) is 0 Å². The number of rotatable bonds is 4. The van der Waals surface area contributed by atoms with E-state index in [4.69, 9.17) is 5.73 Å². The molecule has 0 fully saturated rings. The topological polar surface area (TPSA) is 75.3 Å². The molecule has 4 nitrogen and oxygen atoms in total. The molecule has 0 saturated carbocycles. The number of anilines is 1. The van der Waals surface area contributed by atoms with Gasteiger partial charge in [-0.1, -0.05) is 6.92 Å². The first kappa shape index (κ1) is 13.4. The highest BCUT2D eigenvalue weighted by Gasteiger charge is 2.24. The van der Waals surface area contributed by atoms with E-state index in [9.17, 15) is 14.3 Å². The minimum atomic E-state index is -0.699. The fourth-order valence-electron chi connectivity index (χ4n) is 1.25. The third-order valence-electron chi connectivity index (χ3n) is 2.81. The fourth-order valence-corrected chi connectivity index (χ4v) is 1.25. The van der Waals surface area contributed by atoms with Gasteiger partial charge in [-0.2, -0.15) is 0 Å². The molecular weight excluding hydrogens is 223 g/mol. The number of halogens is 1. The third-order valence-corrected chi connectivity index (χ3v) is 2.81. The van der Waals surface area contributed by atoms with Gasteiger partial charge < -0.3 is 16.2 Å². The molecule has 0 spiro atoms. The summed E-state index contributed by atoms with van der Waals surface area (Å²) in [6.45, 7) is 3.39. The zero-order valence-corrected chi connectivity index (χ0v) is 9.96. The summed E-state index contributed by atoms with van der Waals surface area (Å²) in [5.41, 5.74) is 4.81. The van der Waals surface area contributed by atoms with Crippen molar-refractivity contribution in [2.75, 3.05) is 12.3 Å². The number of carbonyl (C=O) groups excluding carboxylic acids is 1. The number of nitrogens with one attached hydrogen (secondary N) is 1. The Morgan fingerprint density at radius 3 is 2.71 bits per heavy atom. The fraction of sp³-hybridized carbons (Fsp3) is 0.417. The van der Waals surface area contributed by atoms with Crippen molar-refractivity contribution >= 4 is 11.6 Å². The molecule has 17 heavy (non-hydrogen) atoms. The normalized spacial score (nSPS) is 14.1. The lowest BCUT2D eigenvalue weighted by molar-refractivity contribution is 0.0847. The maximum atomic E-state index is 13.2. The van der Waals surface area contributed by atoms with Crippen LogP contribution in [-0.2, 0) is 0 Å². The quantitative estimate of drug-likeness (QED) is 0.694. The van der Waals surface area contributed by atoms with E-state index < -0.39 is 17.3 Å². The highest BCUT2D eigenvalue weighted by molar-refractivity contribution is 5.95. The minimum absolute atomic E-state index is 0.00182. The smallest absolute Gasteiger partial charge is 0.251 e. The van der Waals surface area contributed by atoms with Crippen molar-refractivity contribution in [3.8, 4) is 0 Å². The van der Waals surface area contributed by atoms with Crippen LogP contribution in [0.4, 0.5) is 10.1 Å². The second-order valence-corrected chi connectivity index (χ2v) is 4.26. The first-order chi connectivity index (χ1) is 7.91. The Balaban J connectivity index is 2.86. The molecule has 1 rings (SSSR count). The molecule has 1 unspecified atom stereocenters. The Labute approximate surface area is 99.6 Å². The molecule has 1 amide bonds. The van der Waals surface area contributed by atoms with Gasteiger partial charge >= 0.3 is 0 Å². The van der Waals surface area contributed by atoms with Gasteiger partial charge in [-0.05, 0) is 31.5 Å². The van der Waals surface area contributed by atoms with E-state index in [0.29, 0.717) is 6.42 Å². The summed E-state index contributed by atoms with van der Waals surface area (Å²) >= 11 is 0. The lowest BCUT2D eigenvalue weighted by Gasteiger charge is -2.27. The lowest BCUT2D eigenvalue weighted by atomic mass is 9.99. The molecule has 4 N–H and O–H groups in total. The number of hydrogen-bond acceptors (Lipinski definition) is 3. The zero-order chi connectivity index (χ0) is 13.1.